The Morgan fingerprint density at radius 2 is 1.66 bits per heavy atom. The lowest BCUT2D eigenvalue weighted by atomic mass is 10.1. The predicted molar refractivity (Wildman–Crippen MR) is 107 cm³/mol. The first-order valence-corrected chi connectivity index (χ1v) is 10.9. The second-order valence-electron chi connectivity index (χ2n) is 5.89. The number of carbonyl (C=O) groups excluding carboxylic acids is 2. The van der Waals surface area contributed by atoms with Gasteiger partial charge in [0.15, 0.2) is 0 Å². The highest BCUT2D eigenvalue weighted by Crippen LogP contribution is 2.38. The molecule has 1 atom stereocenters. The number of nitrogens with zero attached hydrogens (tertiary/aromatic N) is 3. The van der Waals surface area contributed by atoms with Crippen LogP contribution < -0.4 is 10.5 Å². The molecule has 0 bridgehead atoms. The maximum atomic E-state index is 13.0. The Balaban J connectivity index is 0.000000762. The molecule has 2 rings (SSSR count). The maximum Gasteiger partial charge on any atom is 0.490 e. The summed E-state index contributed by atoms with van der Waals surface area (Å²) in [7, 11) is -4.12. The van der Waals surface area contributed by atoms with Crippen LogP contribution in [0.5, 0.6) is 5.75 Å². The van der Waals surface area contributed by atoms with Crippen molar-refractivity contribution in [2.45, 2.75) is 17.2 Å². The number of alkyl halides is 6. The van der Waals surface area contributed by atoms with Crippen LogP contribution in [-0.4, -0.2) is 55.9 Å². The molecule has 0 aliphatic rings. The minimum Gasteiger partial charge on any atom is -0.475 e. The van der Waals surface area contributed by atoms with Crippen molar-refractivity contribution in [1.29, 1.82) is 0 Å². The first kappa shape index (κ1) is 29.9. The molecule has 1 aromatic carbocycles. The molecule has 0 radical (unpaired) electrons. The van der Waals surface area contributed by atoms with Crippen LogP contribution in [0, 0.1) is 0 Å². The summed E-state index contributed by atoms with van der Waals surface area (Å²) in [4.78, 5) is 38.2. The third kappa shape index (κ3) is 8.52. The van der Waals surface area contributed by atoms with E-state index >= 15 is 0 Å². The van der Waals surface area contributed by atoms with Crippen LogP contribution >= 0.6 is 23.2 Å². The minimum atomic E-state index is -5.37. The Morgan fingerprint density at radius 3 is 2.11 bits per heavy atom. The topological polar surface area (TPSA) is 162 Å². The highest BCUT2D eigenvalue weighted by molar-refractivity contribution is 7.93. The minimum absolute atomic E-state index is 0.112. The third-order valence-corrected chi connectivity index (χ3v) is 5.43. The number of nitrogens with two attached hydrogens (primary N) is 1. The second kappa shape index (κ2) is 11.0. The van der Waals surface area contributed by atoms with Gasteiger partial charge < -0.3 is 15.6 Å². The van der Waals surface area contributed by atoms with Gasteiger partial charge in [-0.2, -0.15) is 26.3 Å². The number of carboxylic acids is 1. The monoisotopic (exact) mass is 570 g/mol. The van der Waals surface area contributed by atoms with Gasteiger partial charge in [-0.15, -0.1) is 4.36 Å². The van der Waals surface area contributed by atoms with Crippen molar-refractivity contribution in [3.63, 3.8) is 0 Å². The van der Waals surface area contributed by atoms with Gasteiger partial charge in [-0.25, -0.2) is 23.8 Å². The zero-order valence-corrected chi connectivity index (χ0v) is 19.0. The summed E-state index contributed by atoms with van der Waals surface area (Å²) in [6, 6.07) is 3.64. The normalized spacial score (nSPS) is 13.1. The van der Waals surface area contributed by atoms with Gasteiger partial charge in [0.1, 0.15) is 5.75 Å². The van der Waals surface area contributed by atoms with Crippen LogP contribution in [0.25, 0.3) is 11.3 Å². The van der Waals surface area contributed by atoms with E-state index in [4.69, 9.17) is 43.6 Å². The van der Waals surface area contributed by atoms with E-state index in [-0.39, 0.29) is 21.6 Å². The number of hydrogen-bond donors (Lipinski definition) is 2. The van der Waals surface area contributed by atoms with E-state index in [9.17, 15) is 40.1 Å². The summed E-state index contributed by atoms with van der Waals surface area (Å²) in [5.41, 5.74) is 4.65. The summed E-state index contributed by atoms with van der Waals surface area (Å²) in [6.45, 7) is 0. The quantitative estimate of drug-likeness (QED) is 0.411. The van der Waals surface area contributed by atoms with Gasteiger partial charge in [0.05, 0.1) is 31.5 Å². The molecule has 1 unspecified atom stereocenters. The summed E-state index contributed by atoms with van der Waals surface area (Å²) in [5.74, 6) is -5.85. The van der Waals surface area contributed by atoms with Crippen molar-refractivity contribution >= 4 is 50.9 Å². The molecule has 1 aromatic heterocycles. The molecule has 0 spiro atoms. The molecule has 0 saturated heterocycles. The standard InChI is InChI=1S/C14H9Cl2F3N4O4S.C2HF3O2/c1-28(26,23-11(24)14(17,18)19)10-6(3-2-4-8(10)27-13(20)25)9-7(15)5-21-12(16)22-9;3-2(4,5)1(6)7/h2-5H,1H3,(H2,20,25);(H,6,7). The van der Waals surface area contributed by atoms with Crippen molar-refractivity contribution in [3.8, 4) is 17.0 Å². The highest BCUT2D eigenvalue weighted by Gasteiger charge is 2.40. The van der Waals surface area contributed by atoms with Crippen molar-refractivity contribution in [2.75, 3.05) is 6.26 Å². The Kier molecular flexibility index (Phi) is 9.42. The molecular formula is C16H10Cl2F6N4O6S. The summed E-state index contributed by atoms with van der Waals surface area (Å²) in [6.07, 6.45) is -9.95. The fourth-order valence-electron chi connectivity index (χ4n) is 2.07. The number of rotatable bonds is 3. The maximum absolute atomic E-state index is 13.0. The number of benzene rings is 1. The smallest absolute Gasteiger partial charge is 0.475 e. The fraction of sp³-hybridized carbons (Fsp3) is 0.188. The molecule has 19 heteroatoms. The first-order valence-electron chi connectivity index (χ1n) is 8.19. The zero-order valence-electron chi connectivity index (χ0n) is 16.6. The highest BCUT2D eigenvalue weighted by atomic mass is 35.5. The van der Waals surface area contributed by atoms with E-state index in [0.29, 0.717) is 0 Å². The summed E-state index contributed by atoms with van der Waals surface area (Å²) in [5, 5.41) is 6.73. The van der Waals surface area contributed by atoms with E-state index in [1.54, 1.807) is 0 Å². The molecule has 192 valence electrons. The van der Waals surface area contributed by atoms with Crippen molar-refractivity contribution < 1.29 is 54.8 Å². The number of aliphatic carboxylic acids is 1. The van der Waals surface area contributed by atoms with Gasteiger partial charge in [-0.05, 0) is 17.7 Å². The van der Waals surface area contributed by atoms with Gasteiger partial charge >= 0.3 is 30.3 Å². The number of carbonyl (C=O) groups is 3. The van der Waals surface area contributed by atoms with Gasteiger partial charge in [0.2, 0.25) is 5.28 Å². The number of carboxylic acid groups (broad SMARTS) is 1. The number of hydrogen-bond acceptors (Lipinski definition) is 7. The van der Waals surface area contributed by atoms with E-state index in [1.165, 1.54) is 12.1 Å². The Labute approximate surface area is 201 Å². The molecule has 0 fully saturated rings. The fourth-order valence-corrected chi connectivity index (χ4v) is 3.96. The van der Waals surface area contributed by atoms with Gasteiger partial charge in [0.25, 0.3) is 0 Å². The van der Waals surface area contributed by atoms with Crippen LogP contribution in [-0.2, 0) is 19.3 Å². The van der Waals surface area contributed by atoms with Crippen LogP contribution in [0.3, 0.4) is 0 Å². The first-order chi connectivity index (χ1) is 15.8. The molecule has 3 N–H and O–H groups in total. The zero-order chi connectivity index (χ0) is 27.4. The average Bonchev–Trinajstić information content (AvgIpc) is 2.67. The molecule has 2 aromatic rings. The molecule has 0 aliphatic carbocycles. The summed E-state index contributed by atoms with van der Waals surface area (Å²) < 4.78 is 90.1. The number of amides is 2. The van der Waals surface area contributed by atoms with Crippen molar-refractivity contribution in [3.05, 3.63) is 34.7 Å². The van der Waals surface area contributed by atoms with Crippen molar-refractivity contribution in [1.82, 2.24) is 9.97 Å². The lowest BCUT2D eigenvalue weighted by molar-refractivity contribution is -0.192. The average molecular weight is 571 g/mol. The number of primary amides is 1. The van der Waals surface area contributed by atoms with E-state index in [0.717, 1.165) is 18.5 Å². The largest absolute Gasteiger partial charge is 0.490 e. The Morgan fingerprint density at radius 1 is 1.11 bits per heavy atom. The van der Waals surface area contributed by atoms with E-state index in [2.05, 4.69) is 14.3 Å². The number of aromatic nitrogens is 2. The molecule has 2 amide bonds. The molecule has 35 heavy (non-hydrogen) atoms. The Bertz CT molecular complexity index is 1280. The SMILES string of the molecule is CS(=O)(=NC(=O)C(F)(F)F)c1c(OC(N)=O)cccc1-c1nc(Cl)ncc1Cl.O=C(O)C(F)(F)F. The van der Waals surface area contributed by atoms with Crippen LogP contribution in [0.1, 0.15) is 0 Å². The predicted octanol–water partition coefficient (Wildman–Crippen LogP) is 4.09. The number of ether oxygens (including phenoxy) is 1. The number of halogens is 8. The molecule has 1 heterocycles. The van der Waals surface area contributed by atoms with Crippen LogP contribution in [0.2, 0.25) is 10.3 Å². The molecular weight excluding hydrogens is 561 g/mol. The molecule has 0 saturated carbocycles. The lowest BCUT2D eigenvalue weighted by Gasteiger charge is -2.15. The van der Waals surface area contributed by atoms with Gasteiger partial charge in [-0.1, -0.05) is 23.7 Å². The second-order valence-corrected chi connectivity index (χ2v) is 8.83. The van der Waals surface area contributed by atoms with Gasteiger partial charge in [0, 0.05) is 11.8 Å². The van der Waals surface area contributed by atoms with Crippen molar-refractivity contribution in [2.24, 2.45) is 10.1 Å². The molecule has 10 nitrogen and oxygen atoms in total. The molecule has 0 aliphatic heterocycles. The van der Waals surface area contributed by atoms with E-state index in [1.807, 2.05) is 0 Å². The van der Waals surface area contributed by atoms with Crippen LogP contribution in [0.4, 0.5) is 31.1 Å². The third-order valence-electron chi connectivity index (χ3n) is 3.28. The van der Waals surface area contributed by atoms with Crippen LogP contribution in [0.15, 0.2) is 33.7 Å². The Hall–Kier alpha value is -3.18. The summed E-state index contributed by atoms with van der Waals surface area (Å²) >= 11 is 11.7. The lowest BCUT2D eigenvalue weighted by Crippen LogP contribution is -2.23. The van der Waals surface area contributed by atoms with Gasteiger partial charge in [-0.3, -0.25) is 4.79 Å². The van der Waals surface area contributed by atoms with E-state index < -0.39 is 50.7 Å².